The Bertz CT molecular complexity index is 1310. The highest BCUT2D eigenvalue weighted by Crippen LogP contribution is 2.30. The zero-order chi connectivity index (χ0) is 25.0. The smallest absolute Gasteiger partial charge is 0.289 e. The fourth-order valence-corrected chi connectivity index (χ4v) is 5.78. The molecule has 11 heteroatoms. The van der Waals surface area contributed by atoms with E-state index in [2.05, 4.69) is 20.0 Å². The first-order valence-electron chi connectivity index (χ1n) is 11.7. The molecule has 0 bridgehead atoms. The molecule has 0 saturated heterocycles. The van der Waals surface area contributed by atoms with Gasteiger partial charge in [0.1, 0.15) is 5.82 Å². The first-order valence-corrected chi connectivity index (χ1v) is 13.1. The second-order valence-corrected chi connectivity index (χ2v) is 10.9. The predicted octanol–water partition coefficient (Wildman–Crippen LogP) is 3.80. The third-order valence-corrected chi connectivity index (χ3v) is 7.91. The van der Waals surface area contributed by atoms with Crippen LogP contribution in [-0.4, -0.2) is 50.5 Å². The molecule has 4 rings (SSSR count). The van der Waals surface area contributed by atoms with Crippen molar-refractivity contribution in [3.63, 3.8) is 0 Å². The van der Waals surface area contributed by atoms with E-state index in [1.807, 2.05) is 43.3 Å². The minimum atomic E-state index is -3.95. The molecular formula is C24H30N6O4S. The molecule has 0 spiro atoms. The topological polar surface area (TPSA) is 130 Å². The molecule has 2 N–H and O–H groups in total. The monoisotopic (exact) mass is 498 g/mol. The van der Waals surface area contributed by atoms with E-state index < -0.39 is 20.6 Å². The SMILES string of the molecule is CN(C)c1nc(NC[C@H]2CC[C@H](CNS(=O)(=O)c3ccccc3[N+](=O)[O-])CC2)nc2ccccc12. The maximum absolute atomic E-state index is 12.6. The van der Waals surface area contributed by atoms with Crippen molar-refractivity contribution >= 4 is 38.4 Å². The van der Waals surface area contributed by atoms with Gasteiger partial charge >= 0.3 is 0 Å². The molecule has 1 aromatic heterocycles. The van der Waals surface area contributed by atoms with Crippen molar-refractivity contribution in [1.82, 2.24) is 14.7 Å². The summed E-state index contributed by atoms with van der Waals surface area (Å²) >= 11 is 0. The third kappa shape index (κ3) is 5.85. The Balaban J connectivity index is 1.30. The Hall–Kier alpha value is -3.31. The van der Waals surface area contributed by atoms with Gasteiger partial charge in [-0.3, -0.25) is 10.1 Å². The van der Waals surface area contributed by atoms with Gasteiger partial charge in [-0.05, 0) is 55.7 Å². The van der Waals surface area contributed by atoms with Crippen molar-refractivity contribution in [3.8, 4) is 0 Å². The number of aromatic nitrogens is 2. The van der Waals surface area contributed by atoms with Crippen molar-refractivity contribution in [1.29, 1.82) is 0 Å². The number of para-hydroxylation sites is 2. The molecule has 35 heavy (non-hydrogen) atoms. The van der Waals surface area contributed by atoms with Crippen LogP contribution in [0.25, 0.3) is 10.9 Å². The molecule has 0 amide bonds. The molecule has 2 aromatic carbocycles. The van der Waals surface area contributed by atoms with Crippen molar-refractivity contribution in [2.75, 3.05) is 37.4 Å². The zero-order valence-electron chi connectivity index (χ0n) is 19.8. The summed E-state index contributed by atoms with van der Waals surface area (Å²) in [5.41, 5.74) is 0.478. The average Bonchev–Trinajstić information content (AvgIpc) is 2.86. The molecule has 186 valence electrons. The van der Waals surface area contributed by atoms with Crippen molar-refractivity contribution < 1.29 is 13.3 Å². The zero-order valence-corrected chi connectivity index (χ0v) is 20.7. The summed E-state index contributed by atoms with van der Waals surface area (Å²) in [6, 6.07) is 13.3. The number of rotatable bonds is 9. The molecule has 0 atom stereocenters. The van der Waals surface area contributed by atoms with Crippen LogP contribution in [0.5, 0.6) is 0 Å². The lowest BCUT2D eigenvalue weighted by atomic mass is 9.82. The number of nitrogens with zero attached hydrogens (tertiary/aromatic N) is 4. The van der Waals surface area contributed by atoms with Crippen LogP contribution >= 0.6 is 0 Å². The van der Waals surface area contributed by atoms with E-state index in [1.165, 1.54) is 24.3 Å². The Morgan fingerprint density at radius 3 is 2.29 bits per heavy atom. The predicted molar refractivity (Wildman–Crippen MR) is 136 cm³/mol. The van der Waals surface area contributed by atoms with Gasteiger partial charge < -0.3 is 10.2 Å². The normalized spacial score (nSPS) is 18.3. The van der Waals surface area contributed by atoms with Crippen molar-refractivity contribution in [2.24, 2.45) is 11.8 Å². The maximum Gasteiger partial charge on any atom is 0.289 e. The number of anilines is 2. The summed E-state index contributed by atoms with van der Waals surface area (Å²) in [6.45, 7) is 1.02. The van der Waals surface area contributed by atoms with Crippen LogP contribution in [0.15, 0.2) is 53.4 Å². The summed E-state index contributed by atoms with van der Waals surface area (Å²) in [5.74, 6) is 2.11. The van der Waals surface area contributed by atoms with Gasteiger partial charge in [-0.1, -0.05) is 24.3 Å². The van der Waals surface area contributed by atoms with Crippen LogP contribution in [0, 0.1) is 22.0 Å². The minimum Gasteiger partial charge on any atom is -0.362 e. The molecule has 1 aliphatic rings. The molecule has 0 radical (unpaired) electrons. The summed E-state index contributed by atoms with van der Waals surface area (Å²) in [7, 11) is -0.0241. The Morgan fingerprint density at radius 2 is 1.60 bits per heavy atom. The van der Waals surface area contributed by atoms with Crippen molar-refractivity contribution in [2.45, 2.75) is 30.6 Å². The number of nitrogens with one attached hydrogen (secondary N) is 2. The lowest BCUT2D eigenvalue weighted by molar-refractivity contribution is -0.387. The maximum atomic E-state index is 12.6. The fraction of sp³-hybridized carbons (Fsp3) is 0.417. The van der Waals surface area contributed by atoms with Gasteiger partial charge in [0.2, 0.25) is 16.0 Å². The number of fused-ring (bicyclic) bond motifs is 1. The van der Waals surface area contributed by atoms with Crippen LogP contribution < -0.4 is 14.9 Å². The van der Waals surface area contributed by atoms with Gasteiger partial charge in [0.25, 0.3) is 5.69 Å². The van der Waals surface area contributed by atoms with Crippen LogP contribution in [0.4, 0.5) is 17.5 Å². The van der Waals surface area contributed by atoms with E-state index in [9.17, 15) is 18.5 Å². The van der Waals surface area contributed by atoms with Crippen molar-refractivity contribution in [3.05, 3.63) is 58.6 Å². The minimum absolute atomic E-state index is 0.195. The summed E-state index contributed by atoms with van der Waals surface area (Å²) in [4.78, 5) is 21.5. The number of nitro benzene ring substituents is 1. The highest BCUT2D eigenvalue weighted by atomic mass is 32.2. The molecule has 0 aliphatic heterocycles. The molecule has 0 unspecified atom stereocenters. The first kappa shape index (κ1) is 24.8. The first-order chi connectivity index (χ1) is 16.7. The number of hydrogen-bond donors (Lipinski definition) is 2. The third-order valence-electron chi connectivity index (χ3n) is 6.44. The van der Waals surface area contributed by atoms with Gasteiger partial charge in [0, 0.05) is 38.6 Å². The van der Waals surface area contributed by atoms with Crippen LogP contribution in [0.2, 0.25) is 0 Å². The second kappa shape index (κ2) is 10.5. The number of hydrogen-bond acceptors (Lipinski definition) is 8. The van der Waals surface area contributed by atoms with Crippen LogP contribution in [0.3, 0.4) is 0 Å². The van der Waals surface area contributed by atoms with Gasteiger partial charge in [-0.2, -0.15) is 4.98 Å². The molecular weight excluding hydrogens is 468 g/mol. The van der Waals surface area contributed by atoms with E-state index >= 15 is 0 Å². The van der Waals surface area contributed by atoms with Crippen LogP contribution in [0.1, 0.15) is 25.7 Å². The highest BCUT2D eigenvalue weighted by molar-refractivity contribution is 7.89. The molecule has 1 heterocycles. The van der Waals surface area contributed by atoms with E-state index in [1.54, 1.807) is 0 Å². The lowest BCUT2D eigenvalue weighted by Gasteiger charge is -2.28. The molecule has 1 saturated carbocycles. The van der Waals surface area contributed by atoms with Gasteiger partial charge in [-0.25, -0.2) is 18.1 Å². The lowest BCUT2D eigenvalue weighted by Crippen LogP contribution is -2.32. The van der Waals surface area contributed by atoms with E-state index in [0.29, 0.717) is 11.9 Å². The fourth-order valence-electron chi connectivity index (χ4n) is 4.50. The summed E-state index contributed by atoms with van der Waals surface area (Å²) in [5, 5.41) is 15.6. The van der Waals surface area contributed by atoms with E-state index in [-0.39, 0.29) is 17.4 Å². The standard InChI is InChI=1S/C24H30N6O4S/c1-29(2)23-19-7-3-4-8-20(19)27-24(28-23)25-15-17-11-13-18(14-12-17)16-26-35(33,34)22-10-6-5-9-21(22)30(31)32/h3-10,17-18,26H,11-16H2,1-2H3,(H,25,27,28)/t17-,18-. The molecule has 1 fully saturated rings. The average molecular weight is 499 g/mol. The van der Waals surface area contributed by atoms with Gasteiger partial charge in [-0.15, -0.1) is 0 Å². The molecule has 3 aromatic rings. The number of nitro groups is 1. The van der Waals surface area contributed by atoms with Gasteiger partial charge in [0.15, 0.2) is 4.90 Å². The Kier molecular flexibility index (Phi) is 7.46. The second-order valence-electron chi connectivity index (χ2n) is 9.13. The Labute approximate surface area is 205 Å². The molecule has 10 nitrogen and oxygen atoms in total. The largest absolute Gasteiger partial charge is 0.362 e. The number of benzene rings is 2. The van der Waals surface area contributed by atoms with E-state index in [4.69, 9.17) is 0 Å². The number of sulfonamides is 1. The highest BCUT2D eigenvalue weighted by Gasteiger charge is 2.27. The summed E-state index contributed by atoms with van der Waals surface area (Å²) < 4.78 is 27.9. The summed E-state index contributed by atoms with van der Waals surface area (Å²) in [6.07, 6.45) is 3.68. The van der Waals surface area contributed by atoms with Gasteiger partial charge in [0.05, 0.1) is 10.4 Å². The van der Waals surface area contributed by atoms with Crippen LogP contribution in [-0.2, 0) is 10.0 Å². The quantitative estimate of drug-likeness (QED) is 0.336. The Morgan fingerprint density at radius 1 is 0.971 bits per heavy atom. The van der Waals surface area contributed by atoms with E-state index in [0.717, 1.165) is 48.9 Å². The molecule has 1 aliphatic carbocycles.